The minimum absolute atomic E-state index is 0.0227. The summed E-state index contributed by atoms with van der Waals surface area (Å²) < 4.78 is 10.4. The Morgan fingerprint density at radius 1 is 1.03 bits per heavy atom. The minimum Gasteiger partial charge on any atom is -0.493 e. The Kier molecular flexibility index (Phi) is 7.05. The molecule has 1 heterocycles. The van der Waals surface area contributed by atoms with E-state index >= 15 is 0 Å². The molecule has 1 aromatic heterocycles. The second-order valence-corrected chi connectivity index (χ2v) is 7.74. The van der Waals surface area contributed by atoms with Gasteiger partial charge in [0, 0.05) is 35.2 Å². The fourth-order valence-corrected chi connectivity index (χ4v) is 3.65. The van der Waals surface area contributed by atoms with Crippen molar-refractivity contribution in [3.05, 3.63) is 104 Å². The number of anilines is 1. The van der Waals surface area contributed by atoms with Crippen molar-refractivity contribution in [3.63, 3.8) is 0 Å². The van der Waals surface area contributed by atoms with Gasteiger partial charge in [0.05, 0.1) is 30.2 Å². The van der Waals surface area contributed by atoms with Crippen molar-refractivity contribution in [2.75, 3.05) is 19.5 Å². The summed E-state index contributed by atoms with van der Waals surface area (Å²) in [5.74, 6) is 0.568. The van der Waals surface area contributed by atoms with Gasteiger partial charge in [-0.3, -0.25) is 19.7 Å². The average molecular weight is 486 g/mol. The number of nitrogens with one attached hydrogen (secondary N) is 2. The van der Waals surface area contributed by atoms with Crippen molar-refractivity contribution < 1.29 is 19.2 Å². The van der Waals surface area contributed by atoms with Crippen LogP contribution >= 0.6 is 0 Å². The van der Waals surface area contributed by atoms with Crippen LogP contribution in [0, 0.1) is 10.1 Å². The van der Waals surface area contributed by atoms with E-state index in [0.717, 1.165) is 5.56 Å². The van der Waals surface area contributed by atoms with Crippen LogP contribution < -0.4 is 20.3 Å². The number of carbonyl (C=O) groups is 1. The van der Waals surface area contributed by atoms with Gasteiger partial charge in [0.15, 0.2) is 11.5 Å². The second kappa shape index (κ2) is 10.5. The van der Waals surface area contributed by atoms with Gasteiger partial charge in [0.25, 0.3) is 17.2 Å². The number of nitro groups is 1. The first-order valence-corrected chi connectivity index (χ1v) is 10.9. The SMILES string of the molecule is COc1ccc(C(=O)Nc2ccc3c(C/C=C/c4ccc([N+](=O)[O-])cc4)n[nH]c(=O)c3c2)cc1OC. The van der Waals surface area contributed by atoms with E-state index in [1.807, 2.05) is 12.2 Å². The standard InChI is InChI=1S/C26H22N4O6/c1-35-23-13-8-17(14-24(23)36-2)25(31)27-18-9-12-20-21(15-18)26(32)29-28-22(20)5-3-4-16-6-10-19(11-7-16)30(33)34/h3-4,6-15H,5H2,1-2H3,(H,27,31)(H,29,32)/b4-3+. The number of methoxy groups -OCH3 is 2. The molecule has 10 heteroatoms. The van der Waals surface area contributed by atoms with E-state index in [0.29, 0.717) is 45.6 Å². The molecule has 0 saturated heterocycles. The van der Waals surface area contributed by atoms with Crippen molar-refractivity contribution in [3.8, 4) is 11.5 Å². The number of amides is 1. The first-order chi connectivity index (χ1) is 17.4. The number of allylic oxidation sites excluding steroid dienone is 1. The largest absolute Gasteiger partial charge is 0.493 e. The van der Waals surface area contributed by atoms with Gasteiger partial charge in [-0.15, -0.1) is 0 Å². The third kappa shape index (κ3) is 5.22. The molecule has 36 heavy (non-hydrogen) atoms. The number of H-pyrrole nitrogens is 1. The van der Waals surface area contributed by atoms with Gasteiger partial charge in [-0.1, -0.05) is 18.2 Å². The molecule has 1 amide bonds. The van der Waals surface area contributed by atoms with Crippen molar-refractivity contribution in [2.45, 2.75) is 6.42 Å². The number of aromatic nitrogens is 2. The predicted molar refractivity (Wildman–Crippen MR) is 136 cm³/mol. The van der Waals surface area contributed by atoms with Gasteiger partial charge in [-0.2, -0.15) is 5.10 Å². The molecule has 4 rings (SSSR count). The number of fused-ring (bicyclic) bond motifs is 1. The summed E-state index contributed by atoms with van der Waals surface area (Å²) in [5, 5.41) is 21.3. The summed E-state index contributed by atoms with van der Waals surface area (Å²) in [5.41, 5.74) is 1.90. The number of rotatable bonds is 8. The van der Waals surface area contributed by atoms with Crippen LogP contribution in [0.1, 0.15) is 21.6 Å². The van der Waals surface area contributed by atoms with Crippen molar-refractivity contribution in [1.29, 1.82) is 0 Å². The van der Waals surface area contributed by atoms with Gasteiger partial charge in [-0.05, 0) is 48.0 Å². The number of ether oxygens (including phenoxy) is 2. The summed E-state index contributed by atoms with van der Waals surface area (Å²) in [6.07, 6.45) is 4.09. The number of hydrogen-bond donors (Lipinski definition) is 2. The Bertz CT molecular complexity index is 1530. The topological polar surface area (TPSA) is 136 Å². The lowest BCUT2D eigenvalue weighted by molar-refractivity contribution is -0.384. The van der Waals surface area contributed by atoms with Gasteiger partial charge < -0.3 is 14.8 Å². The zero-order valence-electron chi connectivity index (χ0n) is 19.5. The molecule has 2 N–H and O–H groups in total. The lowest BCUT2D eigenvalue weighted by Gasteiger charge is -2.11. The molecule has 0 bridgehead atoms. The molecule has 4 aromatic rings. The molecule has 0 spiro atoms. The van der Waals surface area contributed by atoms with E-state index in [2.05, 4.69) is 15.5 Å². The molecule has 0 aliphatic rings. The number of aromatic amines is 1. The maximum absolute atomic E-state index is 12.8. The summed E-state index contributed by atoms with van der Waals surface area (Å²) in [6.45, 7) is 0. The maximum atomic E-state index is 12.8. The Morgan fingerprint density at radius 2 is 1.78 bits per heavy atom. The highest BCUT2D eigenvalue weighted by Crippen LogP contribution is 2.28. The van der Waals surface area contributed by atoms with Crippen LogP contribution in [0.5, 0.6) is 11.5 Å². The van der Waals surface area contributed by atoms with Crippen LogP contribution in [0.2, 0.25) is 0 Å². The first kappa shape index (κ1) is 24.1. The Hall–Kier alpha value is -4.99. The number of nitrogens with zero attached hydrogens (tertiary/aromatic N) is 2. The number of carbonyl (C=O) groups excluding carboxylic acids is 1. The van der Waals surface area contributed by atoms with Crippen LogP contribution in [-0.4, -0.2) is 35.2 Å². The average Bonchev–Trinajstić information content (AvgIpc) is 2.90. The zero-order chi connectivity index (χ0) is 25.7. The second-order valence-electron chi connectivity index (χ2n) is 7.74. The smallest absolute Gasteiger partial charge is 0.272 e. The minimum atomic E-state index is -0.450. The molecule has 3 aromatic carbocycles. The lowest BCUT2D eigenvalue weighted by Crippen LogP contribution is -2.14. The predicted octanol–water partition coefficient (Wildman–Crippen LogP) is 4.36. The van der Waals surface area contributed by atoms with Crippen LogP contribution in [0.25, 0.3) is 16.8 Å². The quantitative estimate of drug-likeness (QED) is 0.279. The highest BCUT2D eigenvalue weighted by Gasteiger charge is 2.13. The molecular formula is C26H22N4O6. The van der Waals surface area contributed by atoms with Crippen LogP contribution in [0.3, 0.4) is 0 Å². The van der Waals surface area contributed by atoms with E-state index in [4.69, 9.17) is 9.47 Å². The number of benzene rings is 3. The van der Waals surface area contributed by atoms with Crippen molar-refractivity contribution in [1.82, 2.24) is 10.2 Å². The Morgan fingerprint density at radius 3 is 2.47 bits per heavy atom. The molecule has 0 unspecified atom stereocenters. The summed E-state index contributed by atoms with van der Waals surface area (Å²) in [6, 6.07) is 16.0. The van der Waals surface area contributed by atoms with Crippen molar-refractivity contribution in [2.24, 2.45) is 0 Å². The fourth-order valence-electron chi connectivity index (χ4n) is 3.65. The Balaban J connectivity index is 1.53. The van der Waals surface area contributed by atoms with Gasteiger partial charge in [-0.25, -0.2) is 5.10 Å². The van der Waals surface area contributed by atoms with Crippen LogP contribution in [0.15, 0.2) is 71.5 Å². The molecule has 0 radical (unpaired) electrons. The molecule has 0 aliphatic heterocycles. The van der Waals surface area contributed by atoms with E-state index in [1.54, 1.807) is 48.5 Å². The summed E-state index contributed by atoms with van der Waals surface area (Å²) in [7, 11) is 3.00. The number of non-ortho nitro benzene ring substituents is 1. The van der Waals surface area contributed by atoms with Gasteiger partial charge in [0.1, 0.15) is 0 Å². The van der Waals surface area contributed by atoms with Crippen LogP contribution in [0.4, 0.5) is 11.4 Å². The van der Waals surface area contributed by atoms with E-state index in [9.17, 15) is 19.7 Å². The molecule has 0 fully saturated rings. The van der Waals surface area contributed by atoms with Crippen LogP contribution in [-0.2, 0) is 6.42 Å². The van der Waals surface area contributed by atoms with Gasteiger partial charge in [0.2, 0.25) is 0 Å². The Labute approximate surface area is 205 Å². The van der Waals surface area contributed by atoms with Crippen molar-refractivity contribution >= 4 is 34.1 Å². The molecule has 0 aliphatic carbocycles. The van der Waals surface area contributed by atoms with E-state index in [-0.39, 0.29) is 17.2 Å². The number of nitro benzene ring substituents is 1. The summed E-state index contributed by atoms with van der Waals surface area (Å²) >= 11 is 0. The number of hydrogen-bond acceptors (Lipinski definition) is 7. The zero-order valence-corrected chi connectivity index (χ0v) is 19.5. The van der Waals surface area contributed by atoms with Gasteiger partial charge >= 0.3 is 0 Å². The normalized spacial score (nSPS) is 10.9. The maximum Gasteiger partial charge on any atom is 0.272 e. The highest BCUT2D eigenvalue weighted by atomic mass is 16.6. The monoisotopic (exact) mass is 486 g/mol. The third-order valence-corrected chi connectivity index (χ3v) is 5.50. The molecule has 10 nitrogen and oxygen atoms in total. The van der Waals surface area contributed by atoms with E-state index in [1.165, 1.54) is 26.4 Å². The highest BCUT2D eigenvalue weighted by molar-refractivity contribution is 6.05. The van der Waals surface area contributed by atoms with E-state index < -0.39 is 4.92 Å². The molecule has 182 valence electrons. The lowest BCUT2D eigenvalue weighted by atomic mass is 10.1. The first-order valence-electron chi connectivity index (χ1n) is 10.9. The fraction of sp³-hybridized carbons (Fsp3) is 0.115. The summed E-state index contributed by atoms with van der Waals surface area (Å²) in [4.78, 5) is 35.5. The molecular weight excluding hydrogens is 464 g/mol. The third-order valence-electron chi connectivity index (χ3n) is 5.50. The molecule has 0 atom stereocenters. The molecule has 0 saturated carbocycles.